The standard InChI is InChI=1S/C14H16N2O2S/c1-9(8-13(17)18-3)19-14-10(2)15-11-6-4-5-7-12(11)16-14/h4-7,9H,8H2,1-3H3. The Kier molecular flexibility index (Phi) is 4.37. The molecular formula is C14H16N2O2S. The van der Waals surface area contributed by atoms with Crippen molar-refractivity contribution in [3.8, 4) is 0 Å². The van der Waals surface area contributed by atoms with Crippen molar-refractivity contribution in [1.82, 2.24) is 9.97 Å². The highest BCUT2D eigenvalue weighted by Gasteiger charge is 2.14. The number of fused-ring (bicyclic) bond motifs is 1. The number of carbonyl (C=O) groups excluding carboxylic acids is 1. The molecule has 0 aliphatic carbocycles. The van der Waals surface area contributed by atoms with Crippen LogP contribution in [0.15, 0.2) is 29.3 Å². The van der Waals surface area contributed by atoms with E-state index in [0.29, 0.717) is 6.42 Å². The molecule has 0 bridgehead atoms. The number of ether oxygens (including phenoxy) is 1. The van der Waals surface area contributed by atoms with Crippen LogP contribution in [0.25, 0.3) is 11.0 Å². The summed E-state index contributed by atoms with van der Waals surface area (Å²) in [6, 6.07) is 7.78. The van der Waals surface area contributed by atoms with Gasteiger partial charge < -0.3 is 4.74 Å². The lowest BCUT2D eigenvalue weighted by atomic mass is 10.3. The molecule has 100 valence electrons. The van der Waals surface area contributed by atoms with E-state index in [2.05, 4.69) is 14.7 Å². The zero-order chi connectivity index (χ0) is 13.8. The monoisotopic (exact) mass is 276 g/mol. The minimum Gasteiger partial charge on any atom is -0.469 e. The number of hydrogen-bond donors (Lipinski definition) is 0. The molecule has 0 spiro atoms. The van der Waals surface area contributed by atoms with E-state index in [9.17, 15) is 4.79 Å². The van der Waals surface area contributed by atoms with Crippen LogP contribution < -0.4 is 0 Å². The van der Waals surface area contributed by atoms with Gasteiger partial charge >= 0.3 is 5.97 Å². The van der Waals surface area contributed by atoms with Crippen molar-refractivity contribution in [1.29, 1.82) is 0 Å². The van der Waals surface area contributed by atoms with E-state index < -0.39 is 0 Å². The van der Waals surface area contributed by atoms with Gasteiger partial charge in [-0.15, -0.1) is 11.8 Å². The summed E-state index contributed by atoms with van der Waals surface area (Å²) < 4.78 is 4.67. The molecule has 1 aromatic heterocycles. The van der Waals surface area contributed by atoms with Gasteiger partial charge in [-0.2, -0.15) is 0 Å². The third kappa shape index (κ3) is 3.44. The van der Waals surface area contributed by atoms with Gasteiger partial charge in [-0.3, -0.25) is 4.79 Å². The number of methoxy groups -OCH3 is 1. The van der Waals surface area contributed by atoms with Crippen LogP contribution >= 0.6 is 11.8 Å². The summed E-state index contributed by atoms with van der Waals surface area (Å²) in [6.07, 6.45) is 0.370. The van der Waals surface area contributed by atoms with Crippen molar-refractivity contribution in [2.45, 2.75) is 30.5 Å². The number of rotatable bonds is 4. The number of aryl methyl sites for hydroxylation is 1. The predicted molar refractivity (Wildman–Crippen MR) is 76.2 cm³/mol. The van der Waals surface area contributed by atoms with Crippen LogP contribution in [-0.4, -0.2) is 28.3 Å². The molecule has 0 radical (unpaired) electrons. The van der Waals surface area contributed by atoms with Gasteiger partial charge in [0, 0.05) is 5.25 Å². The molecule has 0 amide bonds. The van der Waals surface area contributed by atoms with Crippen LogP contribution in [-0.2, 0) is 9.53 Å². The molecule has 0 N–H and O–H groups in total. The molecule has 1 atom stereocenters. The normalized spacial score (nSPS) is 12.4. The molecule has 0 saturated carbocycles. The maximum absolute atomic E-state index is 11.2. The molecule has 19 heavy (non-hydrogen) atoms. The van der Waals surface area contributed by atoms with Crippen molar-refractivity contribution in [2.24, 2.45) is 0 Å². The van der Waals surface area contributed by atoms with E-state index in [1.54, 1.807) is 11.8 Å². The SMILES string of the molecule is COC(=O)CC(C)Sc1nc2ccccc2nc1C. The topological polar surface area (TPSA) is 52.1 Å². The third-order valence-corrected chi connectivity index (χ3v) is 3.87. The highest BCUT2D eigenvalue weighted by Crippen LogP contribution is 2.27. The van der Waals surface area contributed by atoms with Gasteiger partial charge in [0.1, 0.15) is 5.03 Å². The van der Waals surface area contributed by atoms with E-state index in [-0.39, 0.29) is 11.2 Å². The Balaban J connectivity index is 2.20. The van der Waals surface area contributed by atoms with Crippen LogP contribution in [0.2, 0.25) is 0 Å². The van der Waals surface area contributed by atoms with Gasteiger partial charge in [0.2, 0.25) is 0 Å². The van der Waals surface area contributed by atoms with Crippen molar-refractivity contribution >= 4 is 28.8 Å². The Morgan fingerprint density at radius 3 is 2.58 bits per heavy atom. The predicted octanol–water partition coefficient (Wildman–Crippen LogP) is 2.98. The number of para-hydroxylation sites is 2. The second-order valence-corrected chi connectivity index (χ2v) is 5.74. The second-order valence-electron chi connectivity index (χ2n) is 4.31. The zero-order valence-corrected chi connectivity index (χ0v) is 12.0. The largest absolute Gasteiger partial charge is 0.469 e. The van der Waals surface area contributed by atoms with Crippen LogP contribution in [0.4, 0.5) is 0 Å². The number of carbonyl (C=O) groups is 1. The average molecular weight is 276 g/mol. The molecule has 2 aromatic rings. The maximum atomic E-state index is 11.2. The maximum Gasteiger partial charge on any atom is 0.306 e. The average Bonchev–Trinajstić information content (AvgIpc) is 2.39. The molecule has 1 heterocycles. The second kappa shape index (κ2) is 6.02. The van der Waals surface area contributed by atoms with Crippen molar-refractivity contribution in [3.05, 3.63) is 30.0 Å². The summed E-state index contributed by atoms with van der Waals surface area (Å²) in [5.41, 5.74) is 2.66. The van der Waals surface area contributed by atoms with E-state index in [0.717, 1.165) is 21.8 Å². The quantitative estimate of drug-likeness (QED) is 0.634. The molecule has 0 saturated heterocycles. The molecule has 0 fully saturated rings. The van der Waals surface area contributed by atoms with E-state index in [1.165, 1.54) is 7.11 Å². The summed E-state index contributed by atoms with van der Waals surface area (Å²) in [5, 5.41) is 0.983. The Bertz CT molecular complexity index is 601. The fourth-order valence-electron chi connectivity index (χ4n) is 1.73. The van der Waals surface area contributed by atoms with Gasteiger partial charge in [-0.05, 0) is 19.1 Å². The highest BCUT2D eigenvalue weighted by molar-refractivity contribution is 7.99. The lowest BCUT2D eigenvalue weighted by Gasteiger charge is -2.11. The highest BCUT2D eigenvalue weighted by atomic mass is 32.2. The first kappa shape index (κ1) is 13.8. The first-order chi connectivity index (χ1) is 9.10. The number of esters is 1. The fraction of sp³-hybridized carbons (Fsp3) is 0.357. The minimum absolute atomic E-state index is 0.113. The Morgan fingerprint density at radius 1 is 1.32 bits per heavy atom. The van der Waals surface area contributed by atoms with Crippen molar-refractivity contribution < 1.29 is 9.53 Å². The first-order valence-corrected chi connectivity index (χ1v) is 6.95. The smallest absolute Gasteiger partial charge is 0.306 e. The lowest BCUT2D eigenvalue weighted by molar-refractivity contribution is -0.140. The summed E-state index contributed by atoms with van der Waals surface area (Å²) in [6.45, 7) is 3.92. The zero-order valence-electron chi connectivity index (χ0n) is 11.2. The Hall–Kier alpha value is -1.62. The molecule has 2 rings (SSSR count). The number of nitrogens with zero attached hydrogens (tertiary/aromatic N) is 2. The number of hydrogen-bond acceptors (Lipinski definition) is 5. The van der Waals surface area contributed by atoms with Crippen LogP contribution in [0.1, 0.15) is 19.0 Å². The van der Waals surface area contributed by atoms with Crippen LogP contribution in [0, 0.1) is 6.92 Å². The van der Waals surface area contributed by atoms with Crippen LogP contribution in [0.5, 0.6) is 0 Å². The van der Waals surface area contributed by atoms with Gasteiger partial charge in [0.05, 0.1) is 30.3 Å². The molecule has 0 aliphatic rings. The molecular weight excluding hydrogens is 260 g/mol. The van der Waals surface area contributed by atoms with E-state index in [4.69, 9.17) is 0 Å². The third-order valence-electron chi connectivity index (χ3n) is 2.70. The number of aromatic nitrogens is 2. The van der Waals surface area contributed by atoms with Crippen molar-refractivity contribution in [2.75, 3.05) is 7.11 Å². The molecule has 5 heteroatoms. The summed E-state index contributed by atoms with van der Waals surface area (Å²) in [7, 11) is 1.40. The summed E-state index contributed by atoms with van der Waals surface area (Å²) >= 11 is 1.55. The fourth-order valence-corrected chi connectivity index (χ4v) is 2.70. The van der Waals surface area contributed by atoms with E-state index >= 15 is 0 Å². The van der Waals surface area contributed by atoms with Gasteiger partial charge in [0.15, 0.2) is 0 Å². The van der Waals surface area contributed by atoms with Crippen LogP contribution in [0.3, 0.4) is 0 Å². The van der Waals surface area contributed by atoms with Gasteiger partial charge in [-0.1, -0.05) is 19.1 Å². The molecule has 4 nitrogen and oxygen atoms in total. The van der Waals surface area contributed by atoms with Crippen molar-refractivity contribution in [3.63, 3.8) is 0 Å². The first-order valence-electron chi connectivity index (χ1n) is 6.07. The molecule has 1 aromatic carbocycles. The number of thioether (sulfide) groups is 1. The Labute approximate surface area is 116 Å². The van der Waals surface area contributed by atoms with E-state index in [1.807, 2.05) is 38.1 Å². The molecule has 1 unspecified atom stereocenters. The summed E-state index contributed by atoms with van der Waals surface area (Å²) in [5.74, 6) is -0.202. The van der Waals surface area contributed by atoms with Gasteiger partial charge in [0.25, 0.3) is 0 Å². The Morgan fingerprint density at radius 2 is 1.95 bits per heavy atom. The summed E-state index contributed by atoms with van der Waals surface area (Å²) in [4.78, 5) is 20.4. The van der Waals surface area contributed by atoms with Gasteiger partial charge in [-0.25, -0.2) is 9.97 Å². The number of benzene rings is 1. The molecule has 0 aliphatic heterocycles. The minimum atomic E-state index is -0.202. The lowest BCUT2D eigenvalue weighted by Crippen LogP contribution is -2.09.